The minimum Gasteiger partial charge on any atom is -0.497 e. The van der Waals surface area contributed by atoms with E-state index in [1.807, 2.05) is 42.6 Å². The van der Waals surface area contributed by atoms with Crippen LogP contribution in [-0.2, 0) is 4.74 Å². The van der Waals surface area contributed by atoms with Crippen LogP contribution in [0, 0.1) is 0 Å². The van der Waals surface area contributed by atoms with E-state index in [-0.39, 0.29) is 12.1 Å². The number of nitrogens with zero attached hydrogens (tertiary/aromatic N) is 1. The molecule has 0 N–H and O–H groups in total. The van der Waals surface area contributed by atoms with Gasteiger partial charge in [0.2, 0.25) is 0 Å². The number of benzene rings is 2. The van der Waals surface area contributed by atoms with E-state index in [4.69, 9.17) is 14.5 Å². The van der Waals surface area contributed by atoms with Gasteiger partial charge in [-0.1, -0.05) is 66.8 Å². The second-order valence-electron chi connectivity index (χ2n) is 6.32. The lowest BCUT2D eigenvalue weighted by atomic mass is 9.94. The lowest BCUT2D eigenvalue weighted by Gasteiger charge is -2.20. The van der Waals surface area contributed by atoms with E-state index in [9.17, 15) is 0 Å². The first-order chi connectivity index (χ1) is 13.3. The van der Waals surface area contributed by atoms with Crippen LogP contribution in [0.5, 0.6) is 5.75 Å². The molecule has 3 rings (SSSR count). The van der Waals surface area contributed by atoms with Gasteiger partial charge in [0.15, 0.2) is 0 Å². The summed E-state index contributed by atoms with van der Waals surface area (Å²) < 4.78 is 10.7. The highest BCUT2D eigenvalue weighted by atomic mass is 16.5. The second kappa shape index (κ2) is 9.70. The Morgan fingerprint density at radius 1 is 1.04 bits per heavy atom. The highest BCUT2D eigenvalue weighted by Gasteiger charge is 2.17. The van der Waals surface area contributed by atoms with Crippen LogP contribution in [0.25, 0.3) is 6.08 Å². The molecule has 27 heavy (non-hydrogen) atoms. The second-order valence-corrected chi connectivity index (χ2v) is 6.32. The Labute approximate surface area is 161 Å². The van der Waals surface area contributed by atoms with Crippen LogP contribution in [0.4, 0.5) is 0 Å². The summed E-state index contributed by atoms with van der Waals surface area (Å²) in [6.07, 6.45) is 13.3. The molecule has 2 aromatic carbocycles. The number of aliphatic imine (C=N–C) groups is 1. The summed E-state index contributed by atoms with van der Waals surface area (Å²) in [5, 5.41) is 0. The van der Waals surface area contributed by atoms with Crippen LogP contribution in [0.1, 0.15) is 23.6 Å². The average molecular weight is 359 g/mol. The largest absolute Gasteiger partial charge is 0.497 e. The van der Waals surface area contributed by atoms with Crippen molar-refractivity contribution in [2.75, 3.05) is 14.2 Å². The number of hydrogen-bond donors (Lipinski definition) is 0. The van der Waals surface area contributed by atoms with Crippen LogP contribution < -0.4 is 4.74 Å². The zero-order chi connectivity index (χ0) is 18.9. The third-order valence-electron chi connectivity index (χ3n) is 4.55. The Kier molecular flexibility index (Phi) is 6.78. The fraction of sp³-hybridized carbons (Fsp3) is 0.208. The Hall–Kier alpha value is -2.91. The molecule has 2 aromatic rings. The van der Waals surface area contributed by atoms with Gasteiger partial charge >= 0.3 is 0 Å². The topological polar surface area (TPSA) is 30.8 Å². The quantitative estimate of drug-likeness (QED) is 0.618. The number of rotatable bonds is 7. The van der Waals surface area contributed by atoms with E-state index in [1.54, 1.807) is 14.2 Å². The SMILES string of the molecule is COc1ccc(C(N=C/C=C/c2ccccc2)C2=CCC(OC)C=C2)cc1. The molecule has 138 valence electrons. The molecule has 1 aliphatic carbocycles. The molecule has 0 bridgehead atoms. The summed E-state index contributed by atoms with van der Waals surface area (Å²) in [5.74, 6) is 0.845. The summed E-state index contributed by atoms with van der Waals surface area (Å²) in [6.45, 7) is 0. The van der Waals surface area contributed by atoms with Gasteiger partial charge in [0.25, 0.3) is 0 Å². The predicted molar refractivity (Wildman–Crippen MR) is 112 cm³/mol. The van der Waals surface area contributed by atoms with Crippen molar-refractivity contribution in [3.05, 3.63) is 95.6 Å². The first-order valence-electron chi connectivity index (χ1n) is 9.10. The Bertz CT molecular complexity index is 832. The van der Waals surface area contributed by atoms with Gasteiger partial charge in [-0.05, 0) is 41.3 Å². The molecule has 3 nitrogen and oxygen atoms in total. The van der Waals surface area contributed by atoms with Gasteiger partial charge in [-0.15, -0.1) is 0 Å². The van der Waals surface area contributed by atoms with E-state index < -0.39 is 0 Å². The Balaban J connectivity index is 1.81. The maximum atomic E-state index is 5.41. The molecule has 0 amide bonds. The minimum atomic E-state index is -0.0506. The summed E-state index contributed by atoms with van der Waals surface area (Å²) in [4.78, 5) is 4.83. The van der Waals surface area contributed by atoms with Gasteiger partial charge in [-0.2, -0.15) is 0 Å². The van der Waals surface area contributed by atoms with E-state index in [0.717, 1.165) is 23.3 Å². The molecule has 0 spiro atoms. The van der Waals surface area contributed by atoms with Gasteiger partial charge in [0, 0.05) is 13.3 Å². The first kappa shape index (κ1) is 18.9. The number of ether oxygens (including phenoxy) is 2. The van der Waals surface area contributed by atoms with Crippen LogP contribution in [-0.4, -0.2) is 26.5 Å². The van der Waals surface area contributed by atoms with Crippen molar-refractivity contribution in [2.24, 2.45) is 4.99 Å². The maximum absolute atomic E-state index is 5.41. The normalized spacial score (nSPS) is 18.0. The van der Waals surface area contributed by atoms with Crippen LogP contribution in [0.2, 0.25) is 0 Å². The average Bonchev–Trinajstić information content (AvgIpc) is 2.75. The van der Waals surface area contributed by atoms with E-state index in [1.165, 1.54) is 5.57 Å². The van der Waals surface area contributed by atoms with Gasteiger partial charge in [-0.3, -0.25) is 4.99 Å². The monoisotopic (exact) mass is 359 g/mol. The summed E-state index contributed by atoms with van der Waals surface area (Å²) >= 11 is 0. The highest BCUT2D eigenvalue weighted by molar-refractivity contribution is 5.78. The molecular formula is C24H25NO2. The zero-order valence-electron chi connectivity index (χ0n) is 15.8. The van der Waals surface area contributed by atoms with E-state index >= 15 is 0 Å². The van der Waals surface area contributed by atoms with Gasteiger partial charge < -0.3 is 9.47 Å². The van der Waals surface area contributed by atoms with E-state index in [2.05, 4.69) is 48.6 Å². The standard InChI is InChI=1S/C24H25NO2/c1-26-22-14-10-20(11-15-22)24(21-12-16-23(27-2)17-13-21)25-18-6-9-19-7-4-3-5-8-19/h3-16,18,23-24H,17H2,1-2H3/b9-6+,25-18?. The van der Waals surface area contributed by atoms with Crippen LogP contribution >= 0.6 is 0 Å². The molecule has 2 atom stereocenters. The summed E-state index contributed by atoms with van der Waals surface area (Å²) in [5.41, 5.74) is 3.47. The molecule has 2 unspecified atom stereocenters. The van der Waals surface area contributed by atoms with Crippen molar-refractivity contribution in [3.63, 3.8) is 0 Å². The molecule has 0 fully saturated rings. The Morgan fingerprint density at radius 2 is 1.81 bits per heavy atom. The third kappa shape index (κ3) is 5.28. The van der Waals surface area contributed by atoms with Crippen LogP contribution in [0.3, 0.4) is 0 Å². The van der Waals surface area contributed by atoms with Crippen LogP contribution in [0.15, 0.2) is 89.5 Å². The number of methoxy groups -OCH3 is 2. The maximum Gasteiger partial charge on any atom is 0.118 e. The molecule has 1 aliphatic rings. The zero-order valence-corrected chi connectivity index (χ0v) is 15.8. The minimum absolute atomic E-state index is 0.0506. The number of allylic oxidation sites excluding steroid dienone is 1. The predicted octanol–water partition coefficient (Wildman–Crippen LogP) is 5.42. The molecule has 3 heteroatoms. The molecule has 0 heterocycles. The molecular weight excluding hydrogens is 334 g/mol. The first-order valence-corrected chi connectivity index (χ1v) is 9.10. The lowest BCUT2D eigenvalue weighted by Crippen LogP contribution is -2.11. The molecule has 0 saturated carbocycles. The third-order valence-corrected chi connectivity index (χ3v) is 4.55. The van der Waals surface area contributed by atoms with Crippen molar-refractivity contribution in [3.8, 4) is 5.75 Å². The van der Waals surface area contributed by atoms with E-state index in [0.29, 0.717) is 0 Å². The summed E-state index contributed by atoms with van der Waals surface area (Å²) in [7, 11) is 3.41. The molecule has 0 aliphatic heterocycles. The van der Waals surface area contributed by atoms with Gasteiger partial charge in [0.05, 0.1) is 19.3 Å². The fourth-order valence-electron chi connectivity index (χ4n) is 3.00. The molecule has 0 aromatic heterocycles. The lowest BCUT2D eigenvalue weighted by molar-refractivity contribution is 0.142. The number of hydrogen-bond acceptors (Lipinski definition) is 3. The van der Waals surface area contributed by atoms with Crippen molar-refractivity contribution in [1.82, 2.24) is 0 Å². The van der Waals surface area contributed by atoms with Crippen molar-refractivity contribution in [1.29, 1.82) is 0 Å². The van der Waals surface area contributed by atoms with Crippen molar-refractivity contribution >= 4 is 12.3 Å². The van der Waals surface area contributed by atoms with Gasteiger partial charge in [0.1, 0.15) is 5.75 Å². The van der Waals surface area contributed by atoms with Crippen molar-refractivity contribution in [2.45, 2.75) is 18.6 Å². The summed E-state index contributed by atoms with van der Waals surface area (Å²) in [6, 6.07) is 18.3. The highest BCUT2D eigenvalue weighted by Crippen LogP contribution is 2.31. The molecule has 0 radical (unpaired) electrons. The molecule has 0 saturated heterocycles. The van der Waals surface area contributed by atoms with Gasteiger partial charge in [-0.25, -0.2) is 0 Å². The Morgan fingerprint density at radius 3 is 2.44 bits per heavy atom. The fourth-order valence-corrected chi connectivity index (χ4v) is 3.00. The smallest absolute Gasteiger partial charge is 0.118 e. The van der Waals surface area contributed by atoms with Crippen molar-refractivity contribution < 1.29 is 9.47 Å².